The molecule has 84 valence electrons. The Kier molecular flexibility index (Phi) is 3.19. The molecule has 1 heterocycles. The fourth-order valence-corrected chi connectivity index (χ4v) is 1.86. The van der Waals surface area contributed by atoms with Gasteiger partial charge in [0.1, 0.15) is 6.29 Å². The van der Waals surface area contributed by atoms with Crippen LogP contribution in [0.3, 0.4) is 0 Å². The van der Waals surface area contributed by atoms with Crippen molar-refractivity contribution >= 4 is 17.9 Å². The lowest BCUT2D eigenvalue weighted by molar-refractivity contribution is -0.119. The van der Waals surface area contributed by atoms with Gasteiger partial charge >= 0.3 is 0 Å². The summed E-state index contributed by atoms with van der Waals surface area (Å²) in [6, 6.07) is 7.83. The first-order chi connectivity index (χ1) is 7.81. The Morgan fingerprint density at radius 3 is 2.88 bits per heavy atom. The zero-order valence-corrected chi connectivity index (χ0v) is 8.98. The molecule has 0 aliphatic carbocycles. The Balaban J connectivity index is 2.18. The van der Waals surface area contributed by atoms with Crippen LogP contribution in [0.15, 0.2) is 24.3 Å². The second-order valence-electron chi connectivity index (χ2n) is 3.77. The highest BCUT2D eigenvalue weighted by Crippen LogP contribution is 2.22. The number of benzene rings is 1. The topological polar surface area (TPSA) is 49.4 Å². The minimum atomic E-state index is 0.0465. The van der Waals surface area contributed by atoms with Crippen molar-refractivity contribution in [3.63, 3.8) is 0 Å². The number of anilines is 1. The molecular formula is C12H14N2O2. The van der Waals surface area contributed by atoms with Gasteiger partial charge in [-0.1, -0.05) is 18.2 Å². The van der Waals surface area contributed by atoms with E-state index in [-0.39, 0.29) is 5.91 Å². The minimum Gasteiger partial charge on any atom is -0.303 e. The molecule has 0 atom stereocenters. The van der Waals surface area contributed by atoms with Gasteiger partial charge < -0.3 is 4.79 Å². The molecule has 0 unspecified atom stereocenters. The van der Waals surface area contributed by atoms with Gasteiger partial charge in [-0.25, -0.2) is 0 Å². The summed E-state index contributed by atoms with van der Waals surface area (Å²) in [6.45, 7) is 0.691. The smallest absolute Gasteiger partial charge is 0.240 e. The number of hydrazine groups is 1. The summed E-state index contributed by atoms with van der Waals surface area (Å²) in [5, 5.41) is 1.85. The average molecular weight is 218 g/mol. The maximum absolute atomic E-state index is 11.1. The number of rotatable bonds is 4. The Bertz CT molecular complexity index is 404. The summed E-state index contributed by atoms with van der Waals surface area (Å²) in [6.07, 6.45) is 2.67. The molecule has 1 aromatic rings. The van der Waals surface area contributed by atoms with E-state index in [0.29, 0.717) is 25.8 Å². The number of aldehydes is 1. The molecule has 4 nitrogen and oxygen atoms in total. The largest absolute Gasteiger partial charge is 0.303 e. The van der Waals surface area contributed by atoms with Crippen LogP contribution in [0.25, 0.3) is 0 Å². The first-order valence-corrected chi connectivity index (χ1v) is 5.40. The number of hydrogen-bond donors (Lipinski definition) is 1. The second-order valence-corrected chi connectivity index (χ2v) is 3.77. The molecule has 0 aromatic heterocycles. The fourth-order valence-electron chi connectivity index (χ4n) is 1.86. The van der Waals surface area contributed by atoms with Crippen LogP contribution in [0.2, 0.25) is 0 Å². The summed E-state index contributed by atoms with van der Waals surface area (Å²) < 4.78 is 0. The molecule has 1 aliphatic heterocycles. The number of carbonyl (C=O) groups is 2. The predicted molar refractivity (Wildman–Crippen MR) is 60.9 cm³/mol. The normalized spacial score (nSPS) is 15.0. The molecule has 1 saturated heterocycles. The molecule has 1 aromatic carbocycles. The molecule has 0 spiro atoms. The molecule has 0 saturated carbocycles. The van der Waals surface area contributed by atoms with Gasteiger partial charge in [0.15, 0.2) is 0 Å². The Hall–Kier alpha value is -1.84. The van der Waals surface area contributed by atoms with Crippen molar-refractivity contribution in [3.8, 4) is 0 Å². The number of nitrogens with zero attached hydrogens (tertiary/aromatic N) is 1. The van der Waals surface area contributed by atoms with Crippen LogP contribution in [0.4, 0.5) is 5.69 Å². The fraction of sp³-hybridized carbons (Fsp3) is 0.333. The highest BCUT2D eigenvalue weighted by molar-refractivity contribution is 5.82. The molecule has 0 bridgehead atoms. The van der Waals surface area contributed by atoms with Crippen LogP contribution >= 0.6 is 0 Å². The number of amides is 1. The van der Waals surface area contributed by atoms with Gasteiger partial charge in [-0.05, 0) is 18.1 Å². The van der Waals surface area contributed by atoms with Gasteiger partial charge in [-0.3, -0.25) is 15.2 Å². The highest BCUT2D eigenvalue weighted by Gasteiger charge is 2.20. The van der Waals surface area contributed by atoms with Crippen molar-refractivity contribution in [2.75, 3.05) is 11.6 Å². The first-order valence-electron chi connectivity index (χ1n) is 5.40. The van der Waals surface area contributed by atoms with Gasteiger partial charge in [0, 0.05) is 19.4 Å². The minimum absolute atomic E-state index is 0.0465. The lowest BCUT2D eigenvalue weighted by Gasteiger charge is -2.20. The van der Waals surface area contributed by atoms with E-state index in [1.54, 1.807) is 0 Å². The molecule has 1 fully saturated rings. The maximum atomic E-state index is 11.1. The average Bonchev–Trinajstić information content (AvgIpc) is 2.73. The third kappa shape index (κ3) is 2.21. The number of aryl methyl sites for hydroxylation is 1. The lowest BCUT2D eigenvalue weighted by atomic mass is 10.1. The van der Waals surface area contributed by atoms with Crippen LogP contribution in [0.5, 0.6) is 0 Å². The van der Waals surface area contributed by atoms with Gasteiger partial charge in [0.05, 0.1) is 5.69 Å². The third-order valence-electron chi connectivity index (χ3n) is 2.64. The summed E-state index contributed by atoms with van der Waals surface area (Å²) in [7, 11) is 0. The maximum Gasteiger partial charge on any atom is 0.240 e. The van der Waals surface area contributed by atoms with E-state index < -0.39 is 0 Å². The van der Waals surface area contributed by atoms with E-state index in [1.807, 2.05) is 29.3 Å². The summed E-state index contributed by atoms with van der Waals surface area (Å²) in [5.74, 6) is 0.0465. The summed E-state index contributed by atoms with van der Waals surface area (Å²) in [5.41, 5.74) is 4.88. The first kappa shape index (κ1) is 10.7. The van der Waals surface area contributed by atoms with Crippen LogP contribution < -0.4 is 10.4 Å². The predicted octanol–water partition coefficient (Wildman–Crippen LogP) is 1.06. The molecule has 1 amide bonds. The number of carbonyl (C=O) groups excluding carboxylic acids is 2. The zero-order valence-electron chi connectivity index (χ0n) is 8.98. The van der Waals surface area contributed by atoms with Gasteiger partial charge in [-0.15, -0.1) is 0 Å². The number of nitrogens with one attached hydrogen (secondary N) is 1. The van der Waals surface area contributed by atoms with E-state index in [0.717, 1.165) is 17.5 Å². The summed E-state index contributed by atoms with van der Waals surface area (Å²) >= 11 is 0. The Morgan fingerprint density at radius 1 is 1.38 bits per heavy atom. The second kappa shape index (κ2) is 4.79. The molecular weight excluding hydrogens is 204 g/mol. The molecule has 16 heavy (non-hydrogen) atoms. The van der Waals surface area contributed by atoms with Crippen LogP contribution in [0, 0.1) is 0 Å². The molecule has 4 heteroatoms. The van der Waals surface area contributed by atoms with E-state index in [2.05, 4.69) is 5.43 Å². The van der Waals surface area contributed by atoms with E-state index >= 15 is 0 Å². The number of para-hydroxylation sites is 1. The van der Waals surface area contributed by atoms with E-state index in [4.69, 9.17) is 0 Å². The van der Waals surface area contributed by atoms with Crippen molar-refractivity contribution in [2.45, 2.75) is 19.3 Å². The van der Waals surface area contributed by atoms with Crippen LogP contribution in [0.1, 0.15) is 18.4 Å². The quantitative estimate of drug-likeness (QED) is 0.769. The van der Waals surface area contributed by atoms with Gasteiger partial charge in [-0.2, -0.15) is 0 Å². The molecule has 1 aliphatic rings. The molecule has 2 rings (SSSR count). The van der Waals surface area contributed by atoms with Crippen LogP contribution in [-0.4, -0.2) is 18.7 Å². The lowest BCUT2D eigenvalue weighted by Crippen LogP contribution is -2.33. The van der Waals surface area contributed by atoms with E-state index in [9.17, 15) is 9.59 Å². The van der Waals surface area contributed by atoms with Crippen molar-refractivity contribution in [2.24, 2.45) is 0 Å². The van der Waals surface area contributed by atoms with Crippen molar-refractivity contribution < 1.29 is 9.59 Å². The monoisotopic (exact) mass is 218 g/mol. The molecule has 0 radical (unpaired) electrons. The zero-order chi connectivity index (χ0) is 11.4. The van der Waals surface area contributed by atoms with Crippen molar-refractivity contribution in [1.82, 2.24) is 5.43 Å². The van der Waals surface area contributed by atoms with Crippen LogP contribution in [-0.2, 0) is 16.0 Å². The number of hydrogen-bond acceptors (Lipinski definition) is 3. The summed E-state index contributed by atoms with van der Waals surface area (Å²) in [4.78, 5) is 21.5. The van der Waals surface area contributed by atoms with Gasteiger partial charge in [0.25, 0.3) is 0 Å². The Labute approximate surface area is 94.2 Å². The van der Waals surface area contributed by atoms with E-state index in [1.165, 1.54) is 0 Å². The van der Waals surface area contributed by atoms with Crippen molar-refractivity contribution in [1.29, 1.82) is 0 Å². The SMILES string of the molecule is O=CCCc1ccccc1N1CCC(=O)N1. The Morgan fingerprint density at radius 2 is 2.19 bits per heavy atom. The standard InChI is InChI=1S/C12H14N2O2/c15-9-3-5-10-4-1-2-6-11(10)14-8-7-12(16)13-14/h1-2,4,6,9H,3,5,7-8H2,(H,13,16). The highest BCUT2D eigenvalue weighted by atomic mass is 16.2. The van der Waals surface area contributed by atoms with Gasteiger partial charge in [0.2, 0.25) is 5.91 Å². The third-order valence-corrected chi connectivity index (χ3v) is 2.64. The van der Waals surface area contributed by atoms with Crippen molar-refractivity contribution in [3.05, 3.63) is 29.8 Å². The molecule has 1 N–H and O–H groups in total.